The summed E-state index contributed by atoms with van der Waals surface area (Å²) in [7, 11) is 0. The van der Waals surface area contributed by atoms with E-state index in [1.807, 2.05) is 6.20 Å². The van der Waals surface area contributed by atoms with Gasteiger partial charge >= 0.3 is 0 Å². The Morgan fingerprint density at radius 1 is 1.26 bits per heavy atom. The van der Waals surface area contributed by atoms with E-state index in [1.165, 1.54) is 17.7 Å². The summed E-state index contributed by atoms with van der Waals surface area (Å²) in [5, 5.41) is 0. The van der Waals surface area contributed by atoms with Gasteiger partial charge in [0.15, 0.2) is 0 Å². The Bertz CT molecular complexity index is 392. The Hall–Kier alpha value is -0.930. The molecule has 2 rings (SSSR count). The van der Waals surface area contributed by atoms with Crippen molar-refractivity contribution in [1.29, 1.82) is 0 Å². The normalized spacial score (nSPS) is 17.6. The molecule has 0 bridgehead atoms. The number of pyridine rings is 1. The van der Waals surface area contributed by atoms with E-state index >= 15 is 0 Å². The molecule has 2 heterocycles. The van der Waals surface area contributed by atoms with Gasteiger partial charge in [-0.25, -0.2) is 0 Å². The van der Waals surface area contributed by atoms with Gasteiger partial charge in [0.1, 0.15) is 0 Å². The van der Waals surface area contributed by atoms with Crippen molar-refractivity contribution in [3.63, 3.8) is 0 Å². The van der Waals surface area contributed by atoms with Crippen LogP contribution in [0.5, 0.6) is 0 Å². The monoisotopic (exact) mass is 262 g/mol. The van der Waals surface area contributed by atoms with E-state index < -0.39 is 0 Å². The number of hydrogen-bond acceptors (Lipinski definition) is 3. The van der Waals surface area contributed by atoms with Crippen LogP contribution in [-0.4, -0.2) is 42.7 Å². The summed E-state index contributed by atoms with van der Waals surface area (Å²) in [6.07, 6.45) is 4.20. The molecular formula is C16H26N2O. The zero-order valence-electron chi connectivity index (χ0n) is 12.5. The fourth-order valence-corrected chi connectivity index (χ4v) is 2.39. The van der Waals surface area contributed by atoms with Gasteiger partial charge in [-0.2, -0.15) is 0 Å². The number of rotatable bonds is 4. The molecule has 0 unspecified atom stereocenters. The van der Waals surface area contributed by atoms with E-state index in [2.05, 4.69) is 42.8 Å². The van der Waals surface area contributed by atoms with Crippen LogP contribution in [0, 0.1) is 0 Å². The average Bonchev–Trinajstić information content (AvgIpc) is 2.39. The highest BCUT2D eigenvalue weighted by Gasteiger charge is 2.14. The van der Waals surface area contributed by atoms with Crippen LogP contribution in [-0.2, 0) is 16.6 Å². The molecule has 0 saturated carbocycles. The SMILES string of the molecule is CC(C)(C)c1ccnc(CCCN2CCOCC2)c1. The number of ether oxygens (including phenoxy) is 1. The van der Waals surface area contributed by atoms with E-state index in [0.717, 1.165) is 39.3 Å². The lowest BCUT2D eigenvalue weighted by molar-refractivity contribution is 0.0374. The summed E-state index contributed by atoms with van der Waals surface area (Å²) in [5.74, 6) is 0. The molecule has 19 heavy (non-hydrogen) atoms. The Morgan fingerprint density at radius 2 is 2.00 bits per heavy atom. The molecule has 0 spiro atoms. The van der Waals surface area contributed by atoms with Gasteiger partial charge in [-0.05, 0) is 42.5 Å². The number of aromatic nitrogens is 1. The van der Waals surface area contributed by atoms with Crippen LogP contribution >= 0.6 is 0 Å². The number of nitrogens with zero attached hydrogens (tertiary/aromatic N) is 2. The Morgan fingerprint density at radius 3 is 2.68 bits per heavy atom. The van der Waals surface area contributed by atoms with Crippen LogP contribution < -0.4 is 0 Å². The Balaban J connectivity index is 1.82. The molecular weight excluding hydrogens is 236 g/mol. The van der Waals surface area contributed by atoms with Gasteiger partial charge in [0.2, 0.25) is 0 Å². The largest absolute Gasteiger partial charge is 0.379 e. The molecule has 0 radical (unpaired) electrons. The van der Waals surface area contributed by atoms with E-state index in [4.69, 9.17) is 4.74 Å². The van der Waals surface area contributed by atoms with Crippen LogP contribution in [0.2, 0.25) is 0 Å². The maximum atomic E-state index is 5.36. The molecule has 1 aromatic heterocycles. The Labute approximate surface area is 117 Å². The molecule has 1 saturated heterocycles. The van der Waals surface area contributed by atoms with Crippen molar-refractivity contribution in [3.8, 4) is 0 Å². The van der Waals surface area contributed by atoms with Crippen molar-refractivity contribution >= 4 is 0 Å². The van der Waals surface area contributed by atoms with Gasteiger partial charge in [0, 0.05) is 25.0 Å². The lowest BCUT2D eigenvalue weighted by Crippen LogP contribution is -2.36. The minimum absolute atomic E-state index is 0.210. The van der Waals surface area contributed by atoms with E-state index in [0.29, 0.717) is 0 Å². The lowest BCUT2D eigenvalue weighted by atomic mass is 9.87. The highest BCUT2D eigenvalue weighted by atomic mass is 16.5. The first-order valence-electron chi connectivity index (χ1n) is 7.31. The summed E-state index contributed by atoms with van der Waals surface area (Å²) in [6, 6.07) is 4.39. The number of morpholine rings is 1. The molecule has 0 aliphatic carbocycles. The minimum Gasteiger partial charge on any atom is -0.379 e. The molecule has 1 aliphatic heterocycles. The maximum absolute atomic E-state index is 5.36. The molecule has 1 aromatic rings. The summed E-state index contributed by atoms with van der Waals surface area (Å²) >= 11 is 0. The predicted octanol–water partition coefficient (Wildman–Crippen LogP) is 2.64. The zero-order valence-corrected chi connectivity index (χ0v) is 12.5. The van der Waals surface area contributed by atoms with E-state index in [9.17, 15) is 0 Å². The molecule has 106 valence electrons. The second-order valence-electron chi connectivity index (χ2n) is 6.34. The van der Waals surface area contributed by atoms with Gasteiger partial charge in [0.05, 0.1) is 13.2 Å². The second-order valence-corrected chi connectivity index (χ2v) is 6.34. The molecule has 0 aromatic carbocycles. The minimum atomic E-state index is 0.210. The summed E-state index contributed by atoms with van der Waals surface area (Å²) in [4.78, 5) is 6.98. The van der Waals surface area contributed by atoms with Crippen molar-refractivity contribution < 1.29 is 4.74 Å². The first kappa shape index (κ1) is 14.5. The zero-order chi connectivity index (χ0) is 13.7. The molecule has 1 aliphatic rings. The van der Waals surface area contributed by atoms with Gasteiger partial charge in [-0.3, -0.25) is 9.88 Å². The fraction of sp³-hybridized carbons (Fsp3) is 0.688. The highest BCUT2D eigenvalue weighted by molar-refractivity contribution is 5.23. The third kappa shape index (κ3) is 4.59. The lowest BCUT2D eigenvalue weighted by Gasteiger charge is -2.26. The van der Waals surface area contributed by atoms with Crippen LogP contribution in [0.3, 0.4) is 0 Å². The quantitative estimate of drug-likeness (QED) is 0.834. The van der Waals surface area contributed by atoms with Gasteiger partial charge in [0.25, 0.3) is 0 Å². The molecule has 0 amide bonds. The van der Waals surface area contributed by atoms with Gasteiger partial charge in [-0.1, -0.05) is 20.8 Å². The summed E-state index contributed by atoms with van der Waals surface area (Å²) < 4.78 is 5.36. The fourth-order valence-electron chi connectivity index (χ4n) is 2.39. The molecule has 0 N–H and O–H groups in total. The van der Waals surface area contributed by atoms with Crippen LogP contribution in [0.25, 0.3) is 0 Å². The van der Waals surface area contributed by atoms with Crippen LogP contribution in [0.15, 0.2) is 18.3 Å². The van der Waals surface area contributed by atoms with Crippen molar-refractivity contribution in [2.24, 2.45) is 0 Å². The smallest absolute Gasteiger partial charge is 0.0594 e. The summed E-state index contributed by atoms with van der Waals surface area (Å²) in [6.45, 7) is 11.8. The second kappa shape index (κ2) is 6.49. The predicted molar refractivity (Wildman–Crippen MR) is 78.5 cm³/mol. The maximum Gasteiger partial charge on any atom is 0.0594 e. The highest BCUT2D eigenvalue weighted by Crippen LogP contribution is 2.22. The first-order valence-corrected chi connectivity index (χ1v) is 7.31. The molecule has 0 atom stereocenters. The van der Waals surface area contributed by atoms with E-state index in [-0.39, 0.29) is 5.41 Å². The van der Waals surface area contributed by atoms with E-state index in [1.54, 1.807) is 0 Å². The topological polar surface area (TPSA) is 25.4 Å². The first-order chi connectivity index (χ1) is 9.05. The average molecular weight is 262 g/mol. The molecule has 3 heteroatoms. The third-order valence-electron chi connectivity index (χ3n) is 3.69. The Kier molecular flexibility index (Phi) is 4.94. The van der Waals surface area contributed by atoms with Gasteiger partial charge < -0.3 is 4.74 Å². The van der Waals surface area contributed by atoms with Crippen molar-refractivity contribution in [2.45, 2.75) is 39.0 Å². The number of hydrogen-bond donors (Lipinski definition) is 0. The van der Waals surface area contributed by atoms with Crippen molar-refractivity contribution in [1.82, 2.24) is 9.88 Å². The van der Waals surface area contributed by atoms with Crippen LogP contribution in [0.4, 0.5) is 0 Å². The third-order valence-corrected chi connectivity index (χ3v) is 3.69. The van der Waals surface area contributed by atoms with Crippen molar-refractivity contribution in [3.05, 3.63) is 29.6 Å². The van der Waals surface area contributed by atoms with Gasteiger partial charge in [-0.15, -0.1) is 0 Å². The number of aryl methyl sites for hydroxylation is 1. The molecule has 1 fully saturated rings. The molecule has 3 nitrogen and oxygen atoms in total. The standard InChI is InChI=1S/C16H26N2O/c1-16(2,3)14-6-7-17-15(13-14)5-4-8-18-9-11-19-12-10-18/h6-7,13H,4-5,8-12H2,1-3H3. The summed E-state index contributed by atoms with van der Waals surface area (Å²) in [5.41, 5.74) is 2.81. The van der Waals surface area contributed by atoms with Crippen LogP contribution in [0.1, 0.15) is 38.4 Å². The van der Waals surface area contributed by atoms with Crippen molar-refractivity contribution in [2.75, 3.05) is 32.8 Å².